The molecule has 1 aromatic carbocycles. The van der Waals surface area contributed by atoms with Gasteiger partial charge >= 0.3 is 0 Å². The average molecular weight is 348 g/mol. The monoisotopic (exact) mass is 346 g/mol. The van der Waals surface area contributed by atoms with Crippen molar-refractivity contribution in [2.24, 2.45) is 11.8 Å². The zero-order chi connectivity index (χ0) is 14.6. The molecule has 3 heteroatoms. The van der Waals surface area contributed by atoms with Crippen molar-refractivity contribution in [1.82, 2.24) is 0 Å². The maximum absolute atomic E-state index is 6.27. The van der Waals surface area contributed by atoms with E-state index in [2.05, 4.69) is 49.7 Å². The van der Waals surface area contributed by atoms with Crippen LogP contribution in [0.1, 0.15) is 44.7 Å². The first-order valence-electron chi connectivity index (χ1n) is 6.85. The normalized spacial score (nSPS) is 13.1. The van der Waals surface area contributed by atoms with Gasteiger partial charge in [0, 0.05) is 16.3 Å². The summed E-state index contributed by atoms with van der Waals surface area (Å²) in [7, 11) is 0. The zero-order valence-electron chi connectivity index (χ0n) is 12.5. The molecule has 0 radical (unpaired) electrons. The lowest BCUT2D eigenvalue weighted by molar-refractivity contribution is 0.226. The summed E-state index contributed by atoms with van der Waals surface area (Å²) in [4.78, 5) is 0. The van der Waals surface area contributed by atoms with Crippen molar-refractivity contribution in [3.63, 3.8) is 0 Å². The topological polar surface area (TPSA) is 9.23 Å². The quantitative estimate of drug-likeness (QED) is 0.589. The number of hydrogen-bond donors (Lipinski definition) is 0. The minimum Gasteiger partial charge on any atom is -0.493 e. The lowest BCUT2D eigenvalue weighted by Crippen LogP contribution is -2.19. The van der Waals surface area contributed by atoms with Gasteiger partial charge in [-0.15, -0.1) is 0 Å². The van der Waals surface area contributed by atoms with Gasteiger partial charge in [-0.05, 0) is 42.0 Å². The van der Waals surface area contributed by atoms with Crippen molar-refractivity contribution in [3.8, 4) is 5.75 Å². The summed E-state index contributed by atoms with van der Waals surface area (Å²) in [5.74, 6) is 2.50. The van der Waals surface area contributed by atoms with Gasteiger partial charge in [-0.3, -0.25) is 0 Å². The lowest BCUT2D eigenvalue weighted by atomic mass is 9.99. The number of rotatable bonds is 6. The van der Waals surface area contributed by atoms with E-state index in [0.29, 0.717) is 17.8 Å². The summed E-state index contributed by atoms with van der Waals surface area (Å²) < 4.78 is 6.01. The molecule has 1 nitrogen and oxygen atoms in total. The minimum atomic E-state index is 0.410. The van der Waals surface area contributed by atoms with Crippen LogP contribution in [0.3, 0.4) is 0 Å². The van der Waals surface area contributed by atoms with E-state index in [1.165, 1.54) is 0 Å². The van der Waals surface area contributed by atoms with Gasteiger partial charge in [-0.25, -0.2) is 0 Å². The van der Waals surface area contributed by atoms with E-state index in [0.717, 1.165) is 33.8 Å². The Morgan fingerprint density at radius 3 is 2.32 bits per heavy atom. The Morgan fingerprint density at radius 1 is 1.21 bits per heavy atom. The van der Waals surface area contributed by atoms with Crippen LogP contribution in [0.25, 0.3) is 0 Å². The van der Waals surface area contributed by atoms with E-state index in [1.54, 1.807) is 0 Å². The molecule has 1 rings (SSSR count). The Morgan fingerprint density at radius 2 is 1.84 bits per heavy atom. The van der Waals surface area contributed by atoms with Crippen LogP contribution in [0.2, 0.25) is 5.02 Å². The molecular weight excluding hydrogens is 324 g/mol. The third-order valence-electron chi connectivity index (χ3n) is 3.51. The summed E-state index contributed by atoms with van der Waals surface area (Å²) in [5, 5.41) is 1.80. The van der Waals surface area contributed by atoms with E-state index in [4.69, 9.17) is 16.3 Å². The molecular formula is C16H24BrClO. The van der Waals surface area contributed by atoms with Crippen LogP contribution in [-0.2, 0) is 0 Å². The van der Waals surface area contributed by atoms with Crippen LogP contribution in [-0.4, -0.2) is 11.9 Å². The maximum Gasteiger partial charge on any atom is 0.122 e. The number of ether oxygens (including phenoxy) is 1. The van der Waals surface area contributed by atoms with Gasteiger partial charge in [0.1, 0.15) is 5.75 Å². The van der Waals surface area contributed by atoms with Gasteiger partial charge in [-0.1, -0.05) is 55.2 Å². The second-order valence-electron chi connectivity index (χ2n) is 5.76. The molecule has 0 N–H and O–H groups in total. The number of halogens is 2. The molecule has 0 aliphatic heterocycles. The largest absolute Gasteiger partial charge is 0.493 e. The SMILES string of the molecule is Cc1cc(Cl)c(C(C)C)cc1OCC(CBr)C(C)C. The van der Waals surface area contributed by atoms with E-state index in [1.807, 2.05) is 13.0 Å². The number of benzene rings is 1. The van der Waals surface area contributed by atoms with E-state index < -0.39 is 0 Å². The van der Waals surface area contributed by atoms with Crippen molar-refractivity contribution in [2.75, 3.05) is 11.9 Å². The van der Waals surface area contributed by atoms with Crippen LogP contribution in [0.5, 0.6) is 5.75 Å². The molecule has 0 saturated heterocycles. The third kappa shape index (κ3) is 4.68. The highest BCUT2D eigenvalue weighted by Gasteiger charge is 2.15. The third-order valence-corrected chi connectivity index (χ3v) is 4.67. The fraction of sp³-hybridized carbons (Fsp3) is 0.625. The molecule has 108 valence electrons. The van der Waals surface area contributed by atoms with E-state index in [9.17, 15) is 0 Å². The summed E-state index contributed by atoms with van der Waals surface area (Å²) in [6.45, 7) is 11.5. The molecule has 0 heterocycles. The van der Waals surface area contributed by atoms with Gasteiger partial charge in [-0.2, -0.15) is 0 Å². The van der Waals surface area contributed by atoms with Crippen molar-refractivity contribution < 1.29 is 4.74 Å². The van der Waals surface area contributed by atoms with Crippen LogP contribution in [0, 0.1) is 18.8 Å². The summed E-state index contributed by atoms with van der Waals surface area (Å²) in [5.41, 5.74) is 2.26. The molecule has 19 heavy (non-hydrogen) atoms. The van der Waals surface area contributed by atoms with E-state index in [-0.39, 0.29) is 0 Å². The number of aryl methyl sites for hydroxylation is 1. The number of hydrogen-bond acceptors (Lipinski definition) is 1. The van der Waals surface area contributed by atoms with Gasteiger partial charge < -0.3 is 4.74 Å². The van der Waals surface area contributed by atoms with Crippen LogP contribution >= 0.6 is 27.5 Å². The molecule has 0 fully saturated rings. The Balaban J connectivity index is 2.86. The van der Waals surface area contributed by atoms with Crippen LogP contribution < -0.4 is 4.74 Å². The standard InChI is InChI=1S/C16H24BrClO/c1-10(2)13(8-17)9-19-16-7-14(11(3)4)15(18)6-12(16)5/h6-7,10-11,13H,8-9H2,1-5H3. The first-order valence-corrected chi connectivity index (χ1v) is 8.35. The number of alkyl halides is 1. The molecule has 1 aromatic rings. The van der Waals surface area contributed by atoms with Gasteiger partial charge in [0.2, 0.25) is 0 Å². The van der Waals surface area contributed by atoms with Gasteiger partial charge in [0.15, 0.2) is 0 Å². The average Bonchev–Trinajstić information content (AvgIpc) is 2.31. The van der Waals surface area contributed by atoms with Crippen molar-refractivity contribution in [1.29, 1.82) is 0 Å². The Hall–Kier alpha value is -0.210. The molecule has 1 unspecified atom stereocenters. The lowest BCUT2D eigenvalue weighted by Gasteiger charge is -2.20. The smallest absolute Gasteiger partial charge is 0.122 e. The minimum absolute atomic E-state index is 0.410. The highest BCUT2D eigenvalue weighted by atomic mass is 79.9. The zero-order valence-corrected chi connectivity index (χ0v) is 14.8. The second kappa shape index (κ2) is 7.54. The second-order valence-corrected chi connectivity index (χ2v) is 6.82. The van der Waals surface area contributed by atoms with Gasteiger partial charge in [0.05, 0.1) is 6.61 Å². The highest BCUT2D eigenvalue weighted by Crippen LogP contribution is 2.32. The summed E-state index contributed by atoms with van der Waals surface area (Å²) >= 11 is 9.83. The Kier molecular flexibility index (Phi) is 6.68. The maximum atomic E-state index is 6.27. The first kappa shape index (κ1) is 16.8. The van der Waals surface area contributed by atoms with Crippen LogP contribution in [0.15, 0.2) is 12.1 Å². The van der Waals surface area contributed by atoms with E-state index >= 15 is 0 Å². The molecule has 1 atom stereocenters. The highest BCUT2D eigenvalue weighted by molar-refractivity contribution is 9.09. The van der Waals surface area contributed by atoms with Crippen molar-refractivity contribution in [3.05, 3.63) is 28.3 Å². The first-order chi connectivity index (χ1) is 8.86. The fourth-order valence-electron chi connectivity index (χ4n) is 1.88. The summed E-state index contributed by atoms with van der Waals surface area (Å²) in [6, 6.07) is 4.10. The molecule has 0 amide bonds. The fourth-order valence-corrected chi connectivity index (χ4v) is 3.25. The Labute approximate surface area is 130 Å². The molecule has 0 aliphatic rings. The predicted octanol–water partition coefficient (Wildman–Crippen LogP) is 5.82. The van der Waals surface area contributed by atoms with Crippen molar-refractivity contribution >= 4 is 27.5 Å². The van der Waals surface area contributed by atoms with Gasteiger partial charge in [0.25, 0.3) is 0 Å². The molecule has 0 saturated carbocycles. The molecule has 0 bridgehead atoms. The molecule has 0 aromatic heterocycles. The van der Waals surface area contributed by atoms with Crippen LogP contribution in [0.4, 0.5) is 0 Å². The predicted molar refractivity (Wildman–Crippen MR) is 87.9 cm³/mol. The Bertz CT molecular complexity index is 415. The summed E-state index contributed by atoms with van der Waals surface area (Å²) in [6.07, 6.45) is 0. The molecule has 0 spiro atoms. The van der Waals surface area contributed by atoms with Crippen molar-refractivity contribution in [2.45, 2.75) is 40.5 Å². The molecule has 0 aliphatic carbocycles.